The number of aromatic nitrogens is 2. The van der Waals surface area contributed by atoms with Gasteiger partial charge < -0.3 is 20.5 Å². The van der Waals surface area contributed by atoms with Crippen LogP contribution >= 0.6 is 0 Å². The highest BCUT2D eigenvalue weighted by Gasteiger charge is 2.56. The van der Waals surface area contributed by atoms with E-state index < -0.39 is 17.2 Å². The van der Waals surface area contributed by atoms with E-state index in [4.69, 9.17) is 15.2 Å². The molecule has 0 aliphatic heterocycles. The van der Waals surface area contributed by atoms with Crippen molar-refractivity contribution in [2.24, 2.45) is 40.3 Å². The molecule has 1 heterocycles. The molecule has 4 aliphatic carbocycles. The first-order valence-electron chi connectivity index (χ1n) is 14.1. The van der Waals surface area contributed by atoms with Crippen molar-refractivity contribution < 1.29 is 23.9 Å². The van der Waals surface area contributed by atoms with Gasteiger partial charge in [0.1, 0.15) is 11.2 Å². The molecule has 4 fully saturated rings. The first kappa shape index (κ1) is 28.8. The third-order valence-electron chi connectivity index (χ3n) is 7.74. The highest BCUT2D eigenvalue weighted by Crippen LogP contribution is 2.56. The largest absolute Gasteiger partial charge is 0.477 e. The number of nitrogens with two attached hydrogens (primary N) is 1. The molecule has 2 unspecified atom stereocenters. The normalized spacial score (nSPS) is 25.9. The summed E-state index contributed by atoms with van der Waals surface area (Å²) in [5, 5.41) is 7.42. The fraction of sp³-hybridized carbons (Fsp3) is 0.690. The number of ether oxygens (including phenoxy) is 2. The van der Waals surface area contributed by atoms with Crippen molar-refractivity contribution in [1.29, 1.82) is 0 Å². The quantitative estimate of drug-likeness (QED) is 0.444. The number of nitrogens with zero attached hydrogens (tertiary/aromatic N) is 3. The molecule has 0 radical (unpaired) electrons. The maximum absolute atomic E-state index is 13.5. The lowest BCUT2D eigenvalue weighted by Crippen LogP contribution is -2.57. The Hall–Kier alpha value is -3.17. The number of aliphatic imine (C=N–C) groups is 1. The minimum atomic E-state index is -0.735. The minimum Gasteiger partial charge on any atom is -0.477 e. The van der Waals surface area contributed by atoms with E-state index in [0.717, 1.165) is 25.0 Å². The topological polar surface area (TPSA) is 138 Å². The zero-order valence-electron chi connectivity index (χ0n) is 24.0. The van der Waals surface area contributed by atoms with E-state index >= 15 is 0 Å². The van der Waals surface area contributed by atoms with Crippen LogP contribution in [0.1, 0.15) is 90.4 Å². The number of rotatable bonds is 10. The summed E-state index contributed by atoms with van der Waals surface area (Å²) in [6, 6.07) is 0. The van der Waals surface area contributed by atoms with Gasteiger partial charge in [0.2, 0.25) is 11.8 Å². The van der Waals surface area contributed by atoms with Crippen molar-refractivity contribution in [2.45, 2.75) is 91.2 Å². The summed E-state index contributed by atoms with van der Waals surface area (Å²) >= 11 is 0. The SMILES string of the molecule is CC(C)COc1c(C(=O)N=C2C3CC4CC2CC(OC(N)=O)(C4)C3)cnn1/C=C/C(C)(C)NC(=O)CC(C)C. The van der Waals surface area contributed by atoms with E-state index in [-0.39, 0.29) is 35.5 Å². The standard InChI is InChI=1S/C29H43N5O5/c1-17(2)9-23(35)33-28(5,6)7-8-34-26(38-16-18(3)4)22(15-31-34)25(36)32-24-20-10-19-11-21(24)14-29(12-19,13-20)39-27(30)37/h7-8,15,17-21H,9-14,16H2,1-6H3,(H2,30,37)(H,33,35)/b8-7+,32-24?. The molecule has 1 aromatic rings. The molecule has 4 aliphatic rings. The van der Waals surface area contributed by atoms with Crippen molar-refractivity contribution in [2.75, 3.05) is 6.61 Å². The van der Waals surface area contributed by atoms with Gasteiger partial charge in [0.25, 0.3) is 5.91 Å². The van der Waals surface area contributed by atoms with Gasteiger partial charge in [0, 0.05) is 30.2 Å². The van der Waals surface area contributed by atoms with E-state index in [1.54, 1.807) is 6.20 Å². The lowest BCUT2D eigenvalue weighted by molar-refractivity contribution is -0.122. The van der Waals surface area contributed by atoms with Crippen LogP contribution in [-0.2, 0) is 9.53 Å². The van der Waals surface area contributed by atoms with Crippen LogP contribution < -0.4 is 15.8 Å². The molecule has 0 spiro atoms. The van der Waals surface area contributed by atoms with Crippen LogP contribution in [0.2, 0.25) is 0 Å². The predicted octanol–water partition coefficient (Wildman–Crippen LogP) is 4.58. The molecule has 5 rings (SSSR count). The van der Waals surface area contributed by atoms with Gasteiger partial charge in [-0.2, -0.15) is 5.10 Å². The van der Waals surface area contributed by atoms with Gasteiger partial charge in [-0.3, -0.25) is 9.59 Å². The first-order valence-corrected chi connectivity index (χ1v) is 14.1. The summed E-state index contributed by atoms with van der Waals surface area (Å²) in [6.07, 6.45) is 8.79. The predicted molar refractivity (Wildman–Crippen MR) is 148 cm³/mol. The molecule has 10 nitrogen and oxygen atoms in total. The summed E-state index contributed by atoms with van der Waals surface area (Å²) < 4.78 is 13.2. The molecule has 0 aromatic carbocycles. The molecular formula is C29H43N5O5. The fourth-order valence-electron chi connectivity index (χ4n) is 6.46. The van der Waals surface area contributed by atoms with Gasteiger partial charge >= 0.3 is 6.09 Å². The van der Waals surface area contributed by atoms with E-state index in [1.807, 2.05) is 47.6 Å². The zero-order valence-corrected chi connectivity index (χ0v) is 24.0. The fourth-order valence-corrected chi connectivity index (χ4v) is 6.46. The Bertz CT molecular complexity index is 1150. The number of nitrogens with one attached hydrogen (secondary N) is 1. The summed E-state index contributed by atoms with van der Waals surface area (Å²) in [6.45, 7) is 12.3. The Balaban J connectivity index is 1.56. The molecule has 2 atom stereocenters. The van der Waals surface area contributed by atoms with Crippen LogP contribution in [-0.4, -0.2) is 51.1 Å². The van der Waals surface area contributed by atoms with Gasteiger partial charge in [-0.15, -0.1) is 0 Å². The molecule has 4 saturated carbocycles. The van der Waals surface area contributed by atoms with Crippen LogP contribution in [0.25, 0.3) is 6.20 Å². The second-order valence-electron chi connectivity index (χ2n) is 13.0. The highest BCUT2D eigenvalue weighted by molar-refractivity contribution is 6.07. The maximum atomic E-state index is 13.5. The van der Waals surface area contributed by atoms with Gasteiger partial charge in [-0.25, -0.2) is 14.5 Å². The maximum Gasteiger partial charge on any atom is 0.405 e. The average Bonchev–Trinajstić information content (AvgIpc) is 3.19. The summed E-state index contributed by atoms with van der Waals surface area (Å²) in [5.74, 6) is 1.08. The van der Waals surface area contributed by atoms with Crippen molar-refractivity contribution in [3.8, 4) is 5.88 Å². The molecule has 214 valence electrons. The third kappa shape index (κ3) is 6.89. The molecule has 3 N–H and O–H groups in total. The van der Waals surface area contributed by atoms with Crippen LogP contribution in [0.3, 0.4) is 0 Å². The Labute approximate surface area is 230 Å². The summed E-state index contributed by atoms with van der Waals surface area (Å²) in [5.41, 5.74) is 5.42. The van der Waals surface area contributed by atoms with Gasteiger partial charge in [0.15, 0.2) is 0 Å². The lowest BCUT2D eigenvalue weighted by atomic mass is 9.53. The first-order chi connectivity index (χ1) is 18.3. The average molecular weight is 542 g/mol. The molecule has 39 heavy (non-hydrogen) atoms. The Morgan fingerprint density at radius 2 is 1.85 bits per heavy atom. The number of hydrogen-bond donors (Lipinski definition) is 2. The van der Waals surface area contributed by atoms with Gasteiger partial charge in [0.05, 0.1) is 18.3 Å². The number of carbonyl (C=O) groups is 3. The second kappa shape index (κ2) is 11.1. The Morgan fingerprint density at radius 3 is 2.44 bits per heavy atom. The number of amides is 3. The van der Waals surface area contributed by atoms with Crippen molar-refractivity contribution in [1.82, 2.24) is 15.1 Å². The van der Waals surface area contributed by atoms with E-state index in [0.29, 0.717) is 43.2 Å². The molecule has 3 amide bonds. The van der Waals surface area contributed by atoms with Crippen LogP contribution in [0.5, 0.6) is 5.88 Å². The highest BCUT2D eigenvalue weighted by atomic mass is 16.6. The van der Waals surface area contributed by atoms with Crippen molar-refractivity contribution in [3.05, 3.63) is 17.8 Å². The minimum absolute atomic E-state index is 0.0261. The number of hydrogen-bond acceptors (Lipinski definition) is 6. The van der Waals surface area contributed by atoms with Crippen molar-refractivity contribution >= 4 is 29.8 Å². The van der Waals surface area contributed by atoms with Gasteiger partial charge in [-0.05, 0) is 69.8 Å². The van der Waals surface area contributed by atoms with Crippen LogP contribution in [0.4, 0.5) is 4.79 Å². The van der Waals surface area contributed by atoms with Gasteiger partial charge in [-0.1, -0.05) is 27.7 Å². The molecule has 10 heteroatoms. The van der Waals surface area contributed by atoms with Crippen LogP contribution in [0.15, 0.2) is 17.3 Å². The van der Waals surface area contributed by atoms with Crippen molar-refractivity contribution in [3.63, 3.8) is 0 Å². The summed E-state index contributed by atoms with van der Waals surface area (Å²) in [7, 11) is 0. The Kier molecular flexibility index (Phi) is 8.23. The smallest absolute Gasteiger partial charge is 0.405 e. The Morgan fingerprint density at radius 1 is 1.18 bits per heavy atom. The number of primary amides is 1. The second-order valence-corrected chi connectivity index (χ2v) is 13.0. The number of carbonyl (C=O) groups excluding carboxylic acids is 3. The van der Waals surface area contributed by atoms with E-state index in [9.17, 15) is 14.4 Å². The van der Waals surface area contributed by atoms with Crippen LogP contribution in [0, 0.1) is 29.6 Å². The molecule has 4 bridgehead atoms. The molecular weight excluding hydrogens is 498 g/mol. The third-order valence-corrected chi connectivity index (χ3v) is 7.74. The zero-order chi connectivity index (χ0) is 28.5. The van der Waals surface area contributed by atoms with E-state index in [1.165, 1.54) is 10.9 Å². The summed E-state index contributed by atoms with van der Waals surface area (Å²) in [4.78, 5) is 42.0. The molecule has 0 saturated heterocycles. The monoisotopic (exact) mass is 541 g/mol. The lowest BCUT2D eigenvalue weighted by Gasteiger charge is -2.55. The molecule has 1 aromatic heterocycles. The van der Waals surface area contributed by atoms with E-state index in [2.05, 4.69) is 15.4 Å².